The van der Waals surface area contributed by atoms with Crippen LogP contribution in [-0.4, -0.2) is 47.6 Å². The average Bonchev–Trinajstić information content (AvgIpc) is 2.49. The Morgan fingerprint density at radius 3 is 2.10 bits per heavy atom. The van der Waals surface area contributed by atoms with Crippen molar-refractivity contribution >= 4 is 0 Å². The monoisotopic (exact) mass is 282 g/mol. The van der Waals surface area contributed by atoms with Gasteiger partial charge in [0.25, 0.3) is 0 Å². The van der Waals surface area contributed by atoms with Crippen LogP contribution in [0.5, 0.6) is 11.5 Å². The Morgan fingerprint density at radius 1 is 0.850 bits per heavy atom. The molecule has 1 aromatic rings. The lowest BCUT2D eigenvalue weighted by atomic mass is 10.2. The SMILES string of the molecule is COCCNCCCNCc1cc(OC)cc(OC)c1. The van der Waals surface area contributed by atoms with E-state index in [9.17, 15) is 0 Å². The van der Waals surface area contributed by atoms with Crippen LogP contribution in [-0.2, 0) is 11.3 Å². The van der Waals surface area contributed by atoms with Crippen molar-refractivity contribution in [2.75, 3.05) is 47.6 Å². The fourth-order valence-corrected chi connectivity index (χ4v) is 1.84. The molecule has 0 spiro atoms. The van der Waals surface area contributed by atoms with Crippen molar-refractivity contribution in [3.05, 3.63) is 23.8 Å². The molecule has 0 aromatic heterocycles. The Hall–Kier alpha value is -1.30. The maximum atomic E-state index is 5.25. The molecule has 0 saturated carbocycles. The molecule has 20 heavy (non-hydrogen) atoms. The second-order valence-corrected chi connectivity index (χ2v) is 4.49. The topological polar surface area (TPSA) is 51.8 Å². The summed E-state index contributed by atoms with van der Waals surface area (Å²) < 4.78 is 15.5. The Balaban J connectivity index is 2.21. The van der Waals surface area contributed by atoms with E-state index < -0.39 is 0 Å². The maximum absolute atomic E-state index is 5.25. The van der Waals surface area contributed by atoms with Gasteiger partial charge >= 0.3 is 0 Å². The lowest BCUT2D eigenvalue weighted by Gasteiger charge is -2.10. The maximum Gasteiger partial charge on any atom is 0.122 e. The number of rotatable bonds is 11. The highest BCUT2D eigenvalue weighted by Gasteiger charge is 2.01. The van der Waals surface area contributed by atoms with Crippen molar-refractivity contribution < 1.29 is 14.2 Å². The predicted molar refractivity (Wildman–Crippen MR) is 80.6 cm³/mol. The third kappa shape index (κ3) is 6.75. The van der Waals surface area contributed by atoms with Crippen molar-refractivity contribution in [3.8, 4) is 11.5 Å². The van der Waals surface area contributed by atoms with Gasteiger partial charge in [-0.2, -0.15) is 0 Å². The van der Waals surface area contributed by atoms with E-state index in [4.69, 9.17) is 14.2 Å². The molecule has 0 amide bonds. The molecule has 0 aliphatic rings. The zero-order valence-corrected chi connectivity index (χ0v) is 12.7. The van der Waals surface area contributed by atoms with Crippen LogP contribution < -0.4 is 20.1 Å². The minimum absolute atomic E-state index is 0.761. The van der Waals surface area contributed by atoms with E-state index in [2.05, 4.69) is 10.6 Å². The molecule has 2 N–H and O–H groups in total. The van der Waals surface area contributed by atoms with Crippen molar-refractivity contribution in [1.82, 2.24) is 10.6 Å². The largest absolute Gasteiger partial charge is 0.497 e. The van der Waals surface area contributed by atoms with Crippen LogP contribution >= 0.6 is 0 Å². The van der Waals surface area contributed by atoms with Crippen LogP contribution in [0.15, 0.2) is 18.2 Å². The molecular formula is C15H26N2O3. The van der Waals surface area contributed by atoms with Gasteiger partial charge in [0, 0.05) is 26.3 Å². The molecule has 114 valence electrons. The first-order valence-corrected chi connectivity index (χ1v) is 6.92. The zero-order valence-electron chi connectivity index (χ0n) is 12.7. The summed E-state index contributed by atoms with van der Waals surface area (Å²) in [4.78, 5) is 0. The second kappa shape index (κ2) is 10.5. The molecule has 0 fully saturated rings. The van der Waals surface area contributed by atoms with E-state index in [0.29, 0.717) is 0 Å². The van der Waals surface area contributed by atoms with Crippen molar-refractivity contribution in [1.29, 1.82) is 0 Å². The van der Waals surface area contributed by atoms with Crippen LogP contribution in [0.3, 0.4) is 0 Å². The molecule has 0 unspecified atom stereocenters. The van der Waals surface area contributed by atoms with Gasteiger partial charge in [0.15, 0.2) is 0 Å². The minimum atomic E-state index is 0.761. The number of hydrogen-bond acceptors (Lipinski definition) is 5. The first-order chi connectivity index (χ1) is 9.80. The second-order valence-electron chi connectivity index (χ2n) is 4.49. The summed E-state index contributed by atoms with van der Waals surface area (Å²) in [7, 11) is 5.04. The molecule has 0 radical (unpaired) electrons. The third-order valence-electron chi connectivity index (χ3n) is 2.93. The summed E-state index contributed by atoms with van der Waals surface area (Å²) in [5.41, 5.74) is 1.16. The van der Waals surface area contributed by atoms with Gasteiger partial charge in [0.1, 0.15) is 11.5 Å². The number of hydrogen-bond donors (Lipinski definition) is 2. The zero-order chi connectivity index (χ0) is 14.6. The number of benzene rings is 1. The van der Waals surface area contributed by atoms with Gasteiger partial charge in [0.05, 0.1) is 20.8 Å². The summed E-state index contributed by atoms with van der Waals surface area (Å²) >= 11 is 0. The Labute approximate surface area is 121 Å². The van der Waals surface area contributed by atoms with Crippen LogP contribution in [0.2, 0.25) is 0 Å². The summed E-state index contributed by atoms with van der Waals surface area (Å²) in [6, 6.07) is 5.92. The fraction of sp³-hybridized carbons (Fsp3) is 0.600. The van der Waals surface area contributed by atoms with Gasteiger partial charge in [-0.1, -0.05) is 0 Å². The quantitative estimate of drug-likeness (QED) is 0.601. The van der Waals surface area contributed by atoms with E-state index in [1.807, 2.05) is 18.2 Å². The van der Waals surface area contributed by atoms with Gasteiger partial charge in [-0.3, -0.25) is 0 Å². The first kappa shape index (κ1) is 16.8. The van der Waals surface area contributed by atoms with Crippen molar-refractivity contribution in [2.45, 2.75) is 13.0 Å². The highest BCUT2D eigenvalue weighted by atomic mass is 16.5. The van der Waals surface area contributed by atoms with Gasteiger partial charge in [0.2, 0.25) is 0 Å². The summed E-state index contributed by atoms with van der Waals surface area (Å²) in [5, 5.41) is 6.73. The molecule has 1 rings (SSSR count). The average molecular weight is 282 g/mol. The molecule has 1 aromatic carbocycles. The highest BCUT2D eigenvalue weighted by molar-refractivity contribution is 5.38. The van der Waals surface area contributed by atoms with E-state index >= 15 is 0 Å². The molecule has 5 heteroatoms. The summed E-state index contributed by atoms with van der Waals surface area (Å²) in [6.45, 7) is 4.45. The highest BCUT2D eigenvalue weighted by Crippen LogP contribution is 2.22. The van der Waals surface area contributed by atoms with Crippen LogP contribution in [0.1, 0.15) is 12.0 Å². The van der Waals surface area contributed by atoms with Gasteiger partial charge < -0.3 is 24.8 Å². The molecule has 0 aliphatic heterocycles. The van der Waals surface area contributed by atoms with E-state index in [0.717, 1.165) is 56.3 Å². The van der Waals surface area contributed by atoms with Crippen LogP contribution in [0.4, 0.5) is 0 Å². The normalized spacial score (nSPS) is 10.6. The van der Waals surface area contributed by atoms with E-state index in [1.165, 1.54) is 0 Å². The molecule has 5 nitrogen and oxygen atoms in total. The molecule has 0 saturated heterocycles. The summed E-state index contributed by atoms with van der Waals surface area (Å²) in [5.74, 6) is 1.64. The van der Waals surface area contributed by atoms with Gasteiger partial charge in [-0.15, -0.1) is 0 Å². The lowest BCUT2D eigenvalue weighted by molar-refractivity contribution is 0.199. The fourth-order valence-electron chi connectivity index (χ4n) is 1.84. The minimum Gasteiger partial charge on any atom is -0.497 e. The van der Waals surface area contributed by atoms with Gasteiger partial charge in [-0.05, 0) is 37.2 Å². The Morgan fingerprint density at radius 2 is 1.50 bits per heavy atom. The lowest BCUT2D eigenvalue weighted by Crippen LogP contribution is -2.24. The molecule has 0 aliphatic carbocycles. The third-order valence-corrected chi connectivity index (χ3v) is 2.93. The standard InChI is InChI=1S/C15H26N2O3/c1-18-8-7-16-5-4-6-17-12-13-9-14(19-2)11-15(10-13)20-3/h9-11,16-17H,4-8,12H2,1-3H3. The number of nitrogens with one attached hydrogen (secondary N) is 2. The number of ether oxygens (including phenoxy) is 3. The Bertz CT molecular complexity index is 350. The van der Waals surface area contributed by atoms with Crippen LogP contribution in [0.25, 0.3) is 0 Å². The summed E-state index contributed by atoms with van der Waals surface area (Å²) in [6.07, 6.45) is 1.09. The number of methoxy groups -OCH3 is 3. The molecule has 0 bridgehead atoms. The van der Waals surface area contributed by atoms with Crippen LogP contribution in [0, 0.1) is 0 Å². The molecule has 0 heterocycles. The molecular weight excluding hydrogens is 256 g/mol. The predicted octanol–water partition coefficient (Wildman–Crippen LogP) is 1.42. The first-order valence-electron chi connectivity index (χ1n) is 6.92. The van der Waals surface area contributed by atoms with E-state index in [-0.39, 0.29) is 0 Å². The van der Waals surface area contributed by atoms with Crippen molar-refractivity contribution in [3.63, 3.8) is 0 Å². The Kier molecular flexibility index (Phi) is 8.78. The van der Waals surface area contributed by atoms with Gasteiger partial charge in [-0.25, -0.2) is 0 Å². The van der Waals surface area contributed by atoms with E-state index in [1.54, 1.807) is 21.3 Å². The van der Waals surface area contributed by atoms with Crippen molar-refractivity contribution in [2.24, 2.45) is 0 Å². The molecule has 0 atom stereocenters. The smallest absolute Gasteiger partial charge is 0.122 e.